The Kier molecular flexibility index (Phi) is 8.30. The van der Waals surface area contributed by atoms with Gasteiger partial charge in [0.25, 0.3) is 0 Å². The minimum atomic E-state index is 0.264. The number of anilines is 2. The van der Waals surface area contributed by atoms with E-state index in [-0.39, 0.29) is 6.04 Å². The number of aromatic nitrogens is 3. The lowest BCUT2D eigenvalue weighted by Gasteiger charge is -2.43. The second-order valence-corrected chi connectivity index (χ2v) is 10.9. The number of nitrogens with two attached hydrogens (primary N) is 1. The Morgan fingerprint density at radius 1 is 1.19 bits per heavy atom. The topological polar surface area (TPSA) is 126 Å². The molecule has 1 aliphatic carbocycles. The van der Waals surface area contributed by atoms with Crippen LogP contribution in [0.2, 0.25) is 0 Å². The third kappa shape index (κ3) is 5.96. The molecule has 2 aliphatic heterocycles. The zero-order chi connectivity index (χ0) is 24.9. The van der Waals surface area contributed by atoms with Gasteiger partial charge in [0.1, 0.15) is 5.82 Å². The van der Waals surface area contributed by atoms with Crippen molar-refractivity contribution in [1.29, 1.82) is 0 Å². The van der Waals surface area contributed by atoms with Crippen LogP contribution < -0.4 is 21.7 Å². The van der Waals surface area contributed by atoms with Gasteiger partial charge in [-0.1, -0.05) is 0 Å². The van der Waals surface area contributed by atoms with Gasteiger partial charge in [-0.25, -0.2) is 0 Å². The Labute approximate surface area is 217 Å². The largest absolute Gasteiger partial charge is 0.403 e. The maximum atomic E-state index is 5.90. The summed E-state index contributed by atoms with van der Waals surface area (Å²) >= 11 is 1.40. The summed E-state index contributed by atoms with van der Waals surface area (Å²) in [4.78, 5) is 17.8. The lowest BCUT2D eigenvalue weighted by molar-refractivity contribution is 0.0872. The molecule has 1 atom stereocenters. The zero-order valence-corrected chi connectivity index (χ0v) is 22.2. The summed E-state index contributed by atoms with van der Waals surface area (Å²) < 4.78 is 9.97. The lowest BCUT2D eigenvalue weighted by atomic mass is 9.89. The van der Waals surface area contributed by atoms with Gasteiger partial charge in [0, 0.05) is 63.4 Å². The third-order valence-corrected chi connectivity index (χ3v) is 8.45. The molecule has 4 heterocycles. The van der Waals surface area contributed by atoms with Crippen LogP contribution in [0.5, 0.6) is 0 Å². The van der Waals surface area contributed by atoms with Gasteiger partial charge in [-0.15, -0.1) is 0 Å². The van der Waals surface area contributed by atoms with E-state index in [0.717, 1.165) is 80.3 Å². The van der Waals surface area contributed by atoms with Gasteiger partial charge in [-0.05, 0) is 63.9 Å². The second-order valence-electron chi connectivity index (χ2n) is 10.2. The molecule has 1 saturated carbocycles. The minimum Gasteiger partial charge on any atom is -0.403 e. The Bertz CT molecular complexity index is 1070. The molecule has 0 amide bonds. The van der Waals surface area contributed by atoms with Crippen molar-refractivity contribution in [3.63, 3.8) is 0 Å². The average Bonchev–Trinajstić information content (AvgIpc) is 3.28. The summed E-state index contributed by atoms with van der Waals surface area (Å²) in [5, 5.41) is 11.5. The van der Waals surface area contributed by atoms with Crippen LogP contribution in [0, 0.1) is 6.92 Å². The number of aryl methyl sites for hydroxylation is 1. The van der Waals surface area contributed by atoms with E-state index in [1.165, 1.54) is 30.6 Å². The van der Waals surface area contributed by atoms with E-state index in [1.54, 1.807) is 6.21 Å². The third-order valence-electron chi connectivity index (χ3n) is 7.62. The van der Waals surface area contributed by atoms with E-state index >= 15 is 0 Å². The Balaban J connectivity index is 1.26. The Hall–Kier alpha value is -2.34. The van der Waals surface area contributed by atoms with Gasteiger partial charge >= 0.3 is 0 Å². The van der Waals surface area contributed by atoms with Gasteiger partial charge < -0.3 is 26.4 Å². The molecule has 2 saturated heterocycles. The molecule has 0 aromatic carbocycles. The molecule has 11 heteroatoms. The molecule has 5 N–H and O–H groups in total. The standard InChI is InChI=1S/C25H39N9OS/c1-16-14-27-9-10-34(16)21-5-3-19(4-6-21)29-23-22-17(2)33-36-24(22)32-25(31-23)30-20(13-26)15-28-18-7-11-35-12-8-18/h13,15-16,18-19,21,27H,3-12,14,26H2,1-2H3,(H2,29,30,31,32). The van der Waals surface area contributed by atoms with E-state index in [9.17, 15) is 0 Å². The van der Waals surface area contributed by atoms with Gasteiger partial charge in [0.2, 0.25) is 5.95 Å². The molecule has 196 valence electrons. The van der Waals surface area contributed by atoms with Crippen LogP contribution in [0.3, 0.4) is 0 Å². The molecule has 1 unspecified atom stereocenters. The van der Waals surface area contributed by atoms with Gasteiger partial charge in [0.15, 0.2) is 4.83 Å². The fraction of sp³-hybridized carbons (Fsp3) is 0.680. The molecular weight excluding hydrogens is 474 g/mol. The number of fused-ring (bicyclic) bond motifs is 1. The molecule has 36 heavy (non-hydrogen) atoms. The highest BCUT2D eigenvalue weighted by Gasteiger charge is 2.30. The molecule has 0 bridgehead atoms. The van der Waals surface area contributed by atoms with Crippen LogP contribution in [-0.4, -0.2) is 82.5 Å². The van der Waals surface area contributed by atoms with Crippen molar-refractivity contribution in [2.24, 2.45) is 10.7 Å². The Morgan fingerprint density at radius 2 is 2.00 bits per heavy atom. The number of hydrogen-bond donors (Lipinski definition) is 4. The normalized spacial score (nSPS) is 27.1. The van der Waals surface area contributed by atoms with Crippen molar-refractivity contribution in [3.05, 3.63) is 17.6 Å². The molecular formula is C25H39N9OS. The van der Waals surface area contributed by atoms with Crippen molar-refractivity contribution in [2.75, 3.05) is 43.5 Å². The highest BCUT2D eigenvalue weighted by Crippen LogP contribution is 2.32. The van der Waals surface area contributed by atoms with Crippen molar-refractivity contribution >= 4 is 39.7 Å². The van der Waals surface area contributed by atoms with Crippen molar-refractivity contribution in [1.82, 2.24) is 24.6 Å². The summed E-state index contributed by atoms with van der Waals surface area (Å²) in [6.45, 7) is 9.22. The predicted octanol–water partition coefficient (Wildman–Crippen LogP) is 2.87. The summed E-state index contributed by atoms with van der Waals surface area (Å²) in [5.41, 5.74) is 7.54. The van der Waals surface area contributed by atoms with Crippen molar-refractivity contribution in [3.8, 4) is 0 Å². The van der Waals surface area contributed by atoms with Crippen LogP contribution in [0.15, 0.2) is 16.9 Å². The SMILES string of the molecule is Cc1nsc2nc(NC(C=NC3CCOCC3)=CN)nc(NC3CCC(N4CCNCC4C)CC3)c12. The molecule has 3 aliphatic rings. The quantitative estimate of drug-likeness (QED) is 0.414. The highest BCUT2D eigenvalue weighted by molar-refractivity contribution is 7.13. The number of rotatable bonds is 7. The molecule has 10 nitrogen and oxygen atoms in total. The minimum absolute atomic E-state index is 0.264. The van der Waals surface area contributed by atoms with Crippen molar-refractivity contribution in [2.45, 2.75) is 76.5 Å². The van der Waals surface area contributed by atoms with Crippen LogP contribution >= 0.6 is 11.5 Å². The second kappa shape index (κ2) is 11.8. The van der Waals surface area contributed by atoms with Gasteiger partial charge in [-0.2, -0.15) is 14.3 Å². The van der Waals surface area contributed by atoms with Gasteiger partial charge in [0.05, 0.1) is 22.8 Å². The fourth-order valence-corrected chi connectivity index (χ4v) is 6.34. The monoisotopic (exact) mass is 513 g/mol. The first-order valence-corrected chi connectivity index (χ1v) is 14.0. The summed E-state index contributed by atoms with van der Waals surface area (Å²) in [6.07, 6.45) is 9.86. The fourth-order valence-electron chi connectivity index (χ4n) is 5.56. The first-order chi connectivity index (χ1) is 17.6. The van der Waals surface area contributed by atoms with Crippen LogP contribution in [0.4, 0.5) is 11.8 Å². The number of ether oxygens (including phenoxy) is 1. The maximum Gasteiger partial charge on any atom is 0.230 e. The van der Waals surface area contributed by atoms with E-state index in [0.29, 0.717) is 29.8 Å². The number of allylic oxidation sites excluding steroid dienone is 1. The maximum absolute atomic E-state index is 5.90. The number of piperazine rings is 1. The van der Waals surface area contributed by atoms with Crippen LogP contribution in [0.1, 0.15) is 51.1 Å². The van der Waals surface area contributed by atoms with E-state index in [2.05, 4.69) is 37.1 Å². The molecule has 0 spiro atoms. The molecule has 2 aromatic heterocycles. The summed E-state index contributed by atoms with van der Waals surface area (Å²) in [6, 6.07) is 1.95. The lowest BCUT2D eigenvalue weighted by Crippen LogP contribution is -2.55. The first kappa shape index (κ1) is 25.3. The highest BCUT2D eigenvalue weighted by atomic mass is 32.1. The molecule has 5 rings (SSSR count). The van der Waals surface area contributed by atoms with Gasteiger partial charge in [-0.3, -0.25) is 9.89 Å². The smallest absolute Gasteiger partial charge is 0.230 e. The molecule has 0 radical (unpaired) electrons. The number of nitrogens with one attached hydrogen (secondary N) is 3. The van der Waals surface area contributed by atoms with E-state index in [4.69, 9.17) is 20.4 Å². The van der Waals surface area contributed by atoms with Crippen molar-refractivity contribution < 1.29 is 4.74 Å². The number of aliphatic imine (C=N–C) groups is 1. The number of nitrogens with zero attached hydrogens (tertiary/aromatic N) is 5. The van der Waals surface area contributed by atoms with Crippen LogP contribution in [-0.2, 0) is 4.74 Å². The molecule has 2 aromatic rings. The first-order valence-electron chi connectivity index (χ1n) is 13.3. The summed E-state index contributed by atoms with van der Waals surface area (Å²) in [5.74, 6) is 1.36. The predicted molar refractivity (Wildman–Crippen MR) is 147 cm³/mol. The number of hydrogen-bond acceptors (Lipinski definition) is 11. The van der Waals surface area contributed by atoms with Crippen LogP contribution in [0.25, 0.3) is 10.2 Å². The Morgan fingerprint density at radius 3 is 2.75 bits per heavy atom. The average molecular weight is 514 g/mol. The molecule has 3 fully saturated rings. The van der Waals surface area contributed by atoms with E-state index in [1.807, 2.05) is 6.92 Å². The summed E-state index contributed by atoms with van der Waals surface area (Å²) in [7, 11) is 0. The van der Waals surface area contributed by atoms with E-state index < -0.39 is 0 Å². The zero-order valence-electron chi connectivity index (χ0n) is 21.4.